The van der Waals surface area contributed by atoms with Gasteiger partial charge in [0.2, 0.25) is 5.79 Å². The Morgan fingerprint density at radius 3 is 2.84 bits per heavy atom. The molecule has 1 N–H and O–H groups in total. The minimum Gasteiger partial charge on any atom is -0.396 e. The number of ether oxygens (including phenoxy) is 2. The summed E-state index contributed by atoms with van der Waals surface area (Å²) in [5, 5.41) is 9.33. The molecule has 4 rings (SSSR count). The van der Waals surface area contributed by atoms with Gasteiger partial charge in [0.25, 0.3) is 0 Å². The van der Waals surface area contributed by atoms with E-state index >= 15 is 0 Å². The van der Waals surface area contributed by atoms with Crippen LogP contribution in [0.5, 0.6) is 0 Å². The number of aliphatic hydroxyl groups excluding tert-OH is 1. The van der Waals surface area contributed by atoms with E-state index in [2.05, 4.69) is 0 Å². The van der Waals surface area contributed by atoms with Crippen LogP contribution in [-0.2, 0) is 19.2 Å². The lowest BCUT2D eigenvalue weighted by Crippen LogP contribution is -2.63. The number of rotatable bonds is 3. The molecule has 5 atom stereocenters. The number of methoxy groups -OCH3 is 1. The summed E-state index contributed by atoms with van der Waals surface area (Å²) in [6.45, 7) is 2.07. The topological polar surface area (TPSA) is 57.2 Å². The van der Waals surface area contributed by atoms with Crippen LogP contribution in [0.15, 0.2) is 0 Å². The average molecular weight is 272 g/mol. The van der Waals surface area contributed by atoms with Crippen LogP contribution < -0.4 is 0 Å². The lowest BCUT2D eigenvalue weighted by molar-refractivity contribution is -0.554. The summed E-state index contributed by atoms with van der Waals surface area (Å²) in [4.78, 5) is 11.5. The van der Waals surface area contributed by atoms with Gasteiger partial charge < -0.3 is 14.6 Å². The van der Waals surface area contributed by atoms with Crippen LogP contribution in [0.4, 0.5) is 0 Å². The summed E-state index contributed by atoms with van der Waals surface area (Å²) in [5.74, 6) is -0.0940. The summed E-state index contributed by atoms with van der Waals surface area (Å²) >= 11 is 0. The number of fused-ring (bicyclic) bond motifs is 3. The van der Waals surface area contributed by atoms with Crippen molar-refractivity contribution in [1.82, 2.24) is 0 Å². The molecule has 19 heavy (non-hydrogen) atoms. The first kappa shape index (κ1) is 13.8. The standard InChI is InChI=1S/C14H24O5/c1-13-8-6-10-4-3-5-11(7-9-15)14(10,19-18-13)12(16-2)17-13/h10-12,15H,3-9H2,1-2H3/t10-,11-,12-,13+,14+/m0/s1. The van der Waals surface area contributed by atoms with Gasteiger partial charge in [-0.3, -0.25) is 0 Å². The molecule has 0 aromatic rings. The molecule has 3 aliphatic heterocycles. The number of hydrogen-bond donors (Lipinski definition) is 1. The highest BCUT2D eigenvalue weighted by atomic mass is 17.3. The molecule has 0 radical (unpaired) electrons. The van der Waals surface area contributed by atoms with Crippen LogP contribution >= 0.6 is 0 Å². The normalized spacial score (nSPS) is 49.7. The van der Waals surface area contributed by atoms with Crippen LogP contribution in [0.3, 0.4) is 0 Å². The number of hydrogen-bond acceptors (Lipinski definition) is 5. The Labute approximate surface area is 114 Å². The van der Waals surface area contributed by atoms with Gasteiger partial charge in [0, 0.05) is 20.1 Å². The molecule has 0 unspecified atom stereocenters. The smallest absolute Gasteiger partial charge is 0.201 e. The molecule has 5 heteroatoms. The van der Waals surface area contributed by atoms with Gasteiger partial charge >= 0.3 is 0 Å². The molecule has 4 aliphatic rings. The van der Waals surface area contributed by atoms with Gasteiger partial charge in [-0.15, -0.1) is 0 Å². The van der Waals surface area contributed by atoms with Gasteiger partial charge in [-0.2, -0.15) is 0 Å². The molecule has 1 saturated carbocycles. The third-order valence-corrected chi connectivity index (χ3v) is 5.11. The molecule has 0 amide bonds. The van der Waals surface area contributed by atoms with Crippen molar-refractivity contribution in [3.63, 3.8) is 0 Å². The molecule has 0 aromatic carbocycles. The molecular formula is C14H24O5. The van der Waals surface area contributed by atoms with E-state index in [4.69, 9.17) is 19.2 Å². The van der Waals surface area contributed by atoms with E-state index < -0.39 is 17.7 Å². The van der Waals surface area contributed by atoms with Crippen LogP contribution in [0.1, 0.15) is 45.4 Å². The van der Waals surface area contributed by atoms with E-state index in [0.29, 0.717) is 12.3 Å². The predicted molar refractivity (Wildman–Crippen MR) is 67.0 cm³/mol. The van der Waals surface area contributed by atoms with Crippen LogP contribution in [0.2, 0.25) is 0 Å². The van der Waals surface area contributed by atoms with E-state index in [0.717, 1.165) is 25.7 Å². The van der Waals surface area contributed by atoms with Gasteiger partial charge in [-0.05, 0) is 44.4 Å². The lowest BCUT2D eigenvalue weighted by Gasteiger charge is -2.53. The minimum absolute atomic E-state index is 0.163. The molecule has 0 aromatic heterocycles. The van der Waals surface area contributed by atoms with E-state index in [1.54, 1.807) is 7.11 Å². The Balaban J connectivity index is 1.97. The Kier molecular flexibility index (Phi) is 3.60. The SMILES string of the molecule is CO[C@H]1O[C@@]2(C)CC[C@@H]3CCC[C@@H](CCO)[C@]31OO2. The third-order valence-electron chi connectivity index (χ3n) is 5.11. The zero-order chi connectivity index (χ0) is 13.5. The van der Waals surface area contributed by atoms with Crippen LogP contribution in [0.25, 0.3) is 0 Å². The summed E-state index contributed by atoms with van der Waals surface area (Å²) in [7, 11) is 1.66. The van der Waals surface area contributed by atoms with Crippen molar-refractivity contribution in [1.29, 1.82) is 0 Å². The molecular weight excluding hydrogens is 248 g/mol. The van der Waals surface area contributed by atoms with Gasteiger partial charge in [-0.1, -0.05) is 6.42 Å². The monoisotopic (exact) mass is 272 g/mol. The van der Waals surface area contributed by atoms with E-state index in [1.807, 2.05) is 6.92 Å². The van der Waals surface area contributed by atoms with Crippen molar-refractivity contribution in [3.05, 3.63) is 0 Å². The highest BCUT2D eigenvalue weighted by molar-refractivity contribution is 5.03. The lowest BCUT2D eigenvalue weighted by atomic mass is 9.65. The van der Waals surface area contributed by atoms with Crippen LogP contribution in [-0.4, -0.2) is 36.5 Å². The maximum atomic E-state index is 9.33. The summed E-state index contributed by atoms with van der Waals surface area (Å²) in [6, 6.07) is 0. The van der Waals surface area contributed by atoms with E-state index in [-0.39, 0.29) is 12.5 Å². The number of aliphatic hydroxyl groups is 1. The van der Waals surface area contributed by atoms with Crippen molar-refractivity contribution in [2.75, 3.05) is 13.7 Å². The van der Waals surface area contributed by atoms with Gasteiger partial charge in [0.15, 0.2) is 11.9 Å². The fourth-order valence-electron chi connectivity index (χ4n) is 4.12. The summed E-state index contributed by atoms with van der Waals surface area (Å²) < 4.78 is 11.6. The van der Waals surface area contributed by atoms with E-state index in [9.17, 15) is 5.11 Å². The maximum absolute atomic E-state index is 9.33. The molecule has 1 spiro atoms. The first-order chi connectivity index (χ1) is 9.14. The van der Waals surface area contributed by atoms with Gasteiger partial charge in [0.05, 0.1) is 0 Å². The predicted octanol–water partition coefficient (Wildman–Crippen LogP) is 1.98. The van der Waals surface area contributed by atoms with Gasteiger partial charge in [0.1, 0.15) is 0 Å². The van der Waals surface area contributed by atoms with Gasteiger partial charge in [-0.25, -0.2) is 9.78 Å². The van der Waals surface area contributed by atoms with E-state index in [1.165, 1.54) is 6.42 Å². The second-order valence-electron chi connectivity index (χ2n) is 6.22. The molecule has 4 fully saturated rings. The molecule has 3 heterocycles. The third kappa shape index (κ3) is 2.03. The Morgan fingerprint density at radius 1 is 1.26 bits per heavy atom. The zero-order valence-electron chi connectivity index (χ0n) is 11.8. The van der Waals surface area contributed by atoms with Crippen molar-refractivity contribution in [3.8, 4) is 0 Å². The average Bonchev–Trinajstić information content (AvgIpc) is 2.64. The van der Waals surface area contributed by atoms with Crippen molar-refractivity contribution < 1.29 is 24.4 Å². The fraction of sp³-hybridized carbons (Fsp3) is 1.00. The second kappa shape index (κ2) is 4.97. The molecule has 110 valence electrons. The molecule has 5 nitrogen and oxygen atoms in total. The molecule has 1 aliphatic carbocycles. The Morgan fingerprint density at radius 2 is 2.11 bits per heavy atom. The highest BCUT2D eigenvalue weighted by Crippen LogP contribution is 2.55. The van der Waals surface area contributed by atoms with Crippen molar-refractivity contribution >= 4 is 0 Å². The first-order valence-electron chi connectivity index (χ1n) is 7.33. The first-order valence-corrected chi connectivity index (χ1v) is 7.33. The summed E-state index contributed by atoms with van der Waals surface area (Å²) in [6.07, 6.45) is 5.47. The fourth-order valence-corrected chi connectivity index (χ4v) is 4.12. The molecule has 3 saturated heterocycles. The maximum Gasteiger partial charge on any atom is 0.201 e. The minimum atomic E-state index is -0.701. The summed E-state index contributed by atoms with van der Waals surface area (Å²) in [5.41, 5.74) is -0.550. The van der Waals surface area contributed by atoms with Crippen molar-refractivity contribution in [2.45, 2.75) is 63.1 Å². The van der Waals surface area contributed by atoms with Crippen molar-refractivity contribution in [2.24, 2.45) is 11.8 Å². The largest absolute Gasteiger partial charge is 0.396 e. The molecule has 2 bridgehead atoms. The quantitative estimate of drug-likeness (QED) is 0.796. The Bertz CT molecular complexity index is 325. The Hall–Kier alpha value is -0.200. The second-order valence-corrected chi connectivity index (χ2v) is 6.22. The zero-order valence-corrected chi connectivity index (χ0v) is 11.8. The van der Waals surface area contributed by atoms with Crippen LogP contribution in [0, 0.1) is 11.8 Å². The highest BCUT2D eigenvalue weighted by Gasteiger charge is 2.63.